The van der Waals surface area contributed by atoms with Crippen molar-refractivity contribution in [2.75, 3.05) is 5.32 Å². The van der Waals surface area contributed by atoms with Crippen LogP contribution in [0, 0.1) is 31.6 Å². The number of anilines is 1. The Kier molecular flexibility index (Phi) is 6.25. The van der Waals surface area contributed by atoms with Crippen molar-refractivity contribution in [1.82, 2.24) is 30.4 Å². The molecule has 6 rings (SSSR count). The summed E-state index contributed by atoms with van der Waals surface area (Å²) in [6.07, 6.45) is 3.05. The number of H-pyrrole nitrogens is 2. The number of aryl methyl sites for hydroxylation is 2. The minimum absolute atomic E-state index is 0.136. The van der Waals surface area contributed by atoms with E-state index in [1.54, 1.807) is 6.07 Å². The second-order valence-corrected chi connectivity index (χ2v) is 10.4. The standard InChI is InChI=1S/C28H29F2N7O/c1-14-22(15(2)35-34-14)16-7-9-20(10-8-16)32-28(38)24(23(17-3-4-17)18-5-6-18)27-33-26(36-37-27)19-11-12-31-21(13-19)25(29)30/h7-13,17-18,23-25H,3-6H2,1-2H3,(H,32,38)(H,34,35)(H,33,36,37). The molecule has 2 aliphatic rings. The van der Waals surface area contributed by atoms with Gasteiger partial charge in [0, 0.05) is 28.7 Å². The average molecular weight is 518 g/mol. The van der Waals surface area contributed by atoms with Gasteiger partial charge >= 0.3 is 0 Å². The second kappa shape index (κ2) is 9.74. The first-order valence-corrected chi connectivity index (χ1v) is 13.0. The zero-order chi connectivity index (χ0) is 26.4. The van der Waals surface area contributed by atoms with Gasteiger partial charge in [-0.2, -0.15) is 10.2 Å². The van der Waals surface area contributed by atoms with Gasteiger partial charge in [0.1, 0.15) is 17.4 Å². The van der Waals surface area contributed by atoms with Crippen LogP contribution in [-0.4, -0.2) is 36.3 Å². The highest BCUT2D eigenvalue weighted by molar-refractivity contribution is 5.96. The van der Waals surface area contributed by atoms with E-state index in [2.05, 4.69) is 35.7 Å². The van der Waals surface area contributed by atoms with Crippen LogP contribution in [0.15, 0.2) is 42.6 Å². The summed E-state index contributed by atoms with van der Waals surface area (Å²) in [6.45, 7) is 3.94. The number of carbonyl (C=O) groups excluding carboxylic acids is 1. The molecule has 196 valence electrons. The van der Waals surface area contributed by atoms with E-state index in [1.165, 1.54) is 12.3 Å². The highest BCUT2D eigenvalue weighted by Gasteiger charge is 2.49. The number of nitrogens with zero attached hydrogens (tertiary/aromatic N) is 4. The minimum atomic E-state index is -2.69. The lowest BCUT2D eigenvalue weighted by Gasteiger charge is -2.24. The molecule has 1 amide bonds. The number of benzene rings is 1. The molecule has 2 fully saturated rings. The van der Waals surface area contributed by atoms with E-state index >= 15 is 0 Å². The Morgan fingerprint density at radius 3 is 2.29 bits per heavy atom. The fourth-order valence-electron chi connectivity index (χ4n) is 5.54. The summed E-state index contributed by atoms with van der Waals surface area (Å²) < 4.78 is 26.4. The molecule has 2 aliphatic carbocycles. The Labute approximate surface area is 218 Å². The van der Waals surface area contributed by atoms with Crippen molar-refractivity contribution in [3.63, 3.8) is 0 Å². The first-order chi connectivity index (χ1) is 18.4. The molecule has 10 heteroatoms. The quantitative estimate of drug-likeness (QED) is 0.253. The van der Waals surface area contributed by atoms with Gasteiger partial charge in [0.25, 0.3) is 6.43 Å². The van der Waals surface area contributed by atoms with Gasteiger partial charge < -0.3 is 5.32 Å². The molecule has 0 radical (unpaired) electrons. The molecule has 38 heavy (non-hydrogen) atoms. The van der Waals surface area contributed by atoms with Crippen molar-refractivity contribution >= 4 is 11.6 Å². The average Bonchev–Trinajstić information content (AvgIpc) is 3.85. The van der Waals surface area contributed by atoms with Crippen LogP contribution in [0.3, 0.4) is 0 Å². The van der Waals surface area contributed by atoms with Crippen molar-refractivity contribution in [2.24, 2.45) is 17.8 Å². The number of carbonyl (C=O) groups is 1. The lowest BCUT2D eigenvalue weighted by Crippen LogP contribution is -2.31. The number of halogens is 2. The predicted molar refractivity (Wildman–Crippen MR) is 138 cm³/mol. The highest BCUT2D eigenvalue weighted by Crippen LogP contribution is 2.54. The molecule has 8 nitrogen and oxygen atoms in total. The van der Waals surface area contributed by atoms with Crippen molar-refractivity contribution < 1.29 is 13.6 Å². The van der Waals surface area contributed by atoms with Gasteiger partial charge in [-0.05, 0) is 87.1 Å². The lowest BCUT2D eigenvalue weighted by atomic mass is 9.82. The summed E-state index contributed by atoms with van der Waals surface area (Å²) in [6, 6.07) is 10.6. The number of alkyl halides is 2. The van der Waals surface area contributed by atoms with E-state index in [-0.39, 0.29) is 23.3 Å². The smallest absolute Gasteiger partial charge is 0.280 e. The molecule has 1 aromatic carbocycles. The fraction of sp³-hybridized carbons (Fsp3) is 0.393. The van der Waals surface area contributed by atoms with Gasteiger partial charge in [0.15, 0.2) is 5.82 Å². The van der Waals surface area contributed by atoms with Gasteiger partial charge in [-0.3, -0.25) is 20.0 Å². The van der Waals surface area contributed by atoms with E-state index in [0.717, 1.165) is 48.2 Å². The van der Waals surface area contributed by atoms with E-state index in [9.17, 15) is 13.6 Å². The number of rotatable bonds is 9. The van der Waals surface area contributed by atoms with Crippen molar-refractivity contribution in [3.8, 4) is 22.5 Å². The molecule has 2 saturated carbocycles. The number of aromatic nitrogens is 6. The highest BCUT2D eigenvalue weighted by atomic mass is 19.3. The molecule has 3 heterocycles. The van der Waals surface area contributed by atoms with E-state index in [0.29, 0.717) is 28.9 Å². The van der Waals surface area contributed by atoms with Gasteiger partial charge in [-0.15, -0.1) is 0 Å². The summed E-state index contributed by atoms with van der Waals surface area (Å²) in [4.78, 5) is 22.2. The van der Waals surface area contributed by atoms with Crippen LogP contribution < -0.4 is 5.32 Å². The number of amides is 1. The minimum Gasteiger partial charge on any atom is -0.325 e. The van der Waals surface area contributed by atoms with Gasteiger partial charge in [-0.1, -0.05) is 12.1 Å². The third kappa shape index (κ3) is 4.82. The maximum absolute atomic E-state index is 13.8. The van der Waals surface area contributed by atoms with Crippen LogP contribution >= 0.6 is 0 Å². The normalized spacial score (nSPS) is 16.3. The van der Waals surface area contributed by atoms with Gasteiger partial charge in [0.05, 0.1) is 5.69 Å². The Bertz CT molecular complexity index is 1420. The molecule has 0 bridgehead atoms. The molecule has 3 N–H and O–H groups in total. The molecular formula is C28H29F2N7O. The monoisotopic (exact) mass is 517 g/mol. The van der Waals surface area contributed by atoms with Crippen LogP contribution in [0.2, 0.25) is 0 Å². The lowest BCUT2D eigenvalue weighted by molar-refractivity contribution is -0.119. The molecule has 0 spiro atoms. The van der Waals surface area contributed by atoms with Crippen LogP contribution in [0.1, 0.15) is 60.9 Å². The first-order valence-electron chi connectivity index (χ1n) is 13.0. The Balaban J connectivity index is 1.28. The zero-order valence-electron chi connectivity index (χ0n) is 21.2. The molecular weight excluding hydrogens is 488 g/mol. The van der Waals surface area contributed by atoms with Crippen LogP contribution in [0.5, 0.6) is 0 Å². The number of aromatic amines is 2. The number of pyridine rings is 1. The SMILES string of the molecule is Cc1n[nH]c(C)c1-c1ccc(NC(=O)C(c2nc(-c3ccnc(C(F)F)c3)n[nH]2)C(C2CC2)C2CC2)cc1. The van der Waals surface area contributed by atoms with E-state index < -0.39 is 12.3 Å². The zero-order valence-corrected chi connectivity index (χ0v) is 21.2. The number of hydrogen-bond donors (Lipinski definition) is 3. The summed E-state index contributed by atoms with van der Waals surface area (Å²) in [5.41, 5.74) is 4.80. The number of hydrogen-bond acceptors (Lipinski definition) is 5. The Hall–Kier alpha value is -3.95. The van der Waals surface area contributed by atoms with Gasteiger partial charge in [-0.25, -0.2) is 13.8 Å². The third-order valence-electron chi connectivity index (χ3n) is 7.63. The van der Waals surface area contributed by atoms with Crippen molar-refractivity contribution in [1.29, 1.82) is 0 Å². The fourth-order valence-corrected chi connectivity index (χ4v) is 5.54. The maximum atomic E-state index is 13.8. The van der Waals surface area contributed by atoms with E-state index in [1.807, 2.05) is 38.1 Å². The van der Waals surface area contributed by atoms with Crippen molar-refractivity contribution in [3.05, 3.63) is 65.5 Å². The molecule has 0 saturated heterocycles. The summed E-state index contributed by atoms with van der Waals surface area (Å²) in [5.74, 6) is 1.23. The summed E-state index contributed by atoms with van der Waals surface area (Å²) >= 11 is 0. The molecule has 3 aromatic heterocycles. The molecule has 1 atom stereocenters. The third-order valence-corrected chi connectivity index (χ3v) is 7.63. The molecule has 4 aromatic rings. The maximum Gasteiger partial charge on any atom is 0.280 e. The summed E-state index contributed by atoms with van der Waals surface area (Å²) in [5, 5.41) is 17.6. The van der Waals surface area contributed by atoms with E-state index in [4.69, 9.17) is 0 Å². The predicted octanol–water partition coefficient (Wildman–Crippen LogP) is 5.97. The molecule has 1 unspecified atom stereocenters. The second-order valence-electron chi connectivity index (χ2n) is 10.4. The van der Waals surface area contributed by atoms with Gasteiger partial charge in [0.2, 0.25) is 5.91 Å². The molecule has 0 aliphatic heterocycles. The van der Waals surface area contributed by atoms with Crippen LogP contribution in [0.4, 0.5) is 14.5 Å². The Morgan fingerprint density at radius 2 is 1.68 bits per heavy atom. The topological polar surface area (TPSA) is 112 Å². The largest absolute Gasteiger partial charge is 0.325 e. The van der Waals surface area contributed by atoms with Crippen LogP contribution in [0.25, 0.3) is 22.5 Å². The Morgan fingerprint density at radius 1 is 0.974 bits per heavy atom. The number of nitrogens with one attached hydrogen (secondary N) is 3. The first kappa shape index (κ1) is 24.4. The van der Waals surface area contributed by atoms with Crippen molar-refractivity contribution in [2.45, 2.75) is 51.9 Å². The summed E-state index contributed by atoms with van der Waals surface area (Å²) in [7, 11) is 0. The van der Waals surface area contributed by atoms with Crippen LogP contribution in [-0.2, 0) is 4.79 Å².